The van der Waals surface area contributed by atoms with Crippen LogP contribution in [0.4, 0.5) is 0 Å². The number of hydrogen-bond acceptors (Lipinski definition) is 2. The van der Waals surface area contributed by atoms with Crippen molar-refractivity contribution in [2.24, 2.45) is 5.92 Å². The number of hydrogen-bond donors (Lipinski definition) is 1. The largest absolute Gasteiger partial charge is 0.312 e. The van der Waals surface area contributed by atoms with E-state index in [0.29, 0.717) is 0 Å². The van der Waals surface area contributed by atoms with E-state index in [1.54, 1.807) is 0 Å². The highest BCUT2D eigenvalue weighted by molar-refractivity contribution is 4.74. The zero-order chi connectivity index (χ0) is 12.4. The summed E-state index contributed by atoms with van der Waals surface area (Å²) in [6.45, 7) is 17.2. The average Bonchev–Trinajstić information content (AvgIpc) is 2.25. The molecule has 0 aromatic carbocycles. The smallest absolute Gasteiger partial charge is 0.0132 e. The molecule has 1 N–H and O–H groups in total. The standard InChI is InChI=1S/C14H30N2/c1-6-9-15-10-11-16(12-13(4)5)14(7-2)8-3/h6,13-15H,1,7-12H2,2-5H3. The van der Waals surface area contributed by atoms with Gasteiger partial charge in [0.15, 0.2) is 0 Å². The fourth-order valence-electron chi connectivity index (χ4n) is 2.12. The van der Waals surface area contributed by atoms with Crippen molar-refractivity contribution in [3.05, 3.63) is 12.7 Å². The van der Waals surface area contributed by atoms with Crippen molar-refractivity contribution in [2.75, 3.05) is 26.2 Å². The van der Waals surface area contributed by atoms with E-state index in [4.69, 9.17) is 0 Å². The fraction of sp³-hybridized carbons (Fsp3) is 0.857. The van der Waals surface area contributed by atoms with E-state index in [9.17, 15) is 0 Å². The predicted octanol–water partition coefficient (Wildman–Crippen LogP) is 2.91. The van der Waals surface area contributed by atoms with E-state index in [0.717, 1.165) is 31.6 Å². The molecule has 0 fully saturated rings. The third kappa shape index (κ3) is 7.02. The molecule has 0 unspecified atom stereocenters. The van der Waals surface area contributed by atoms with Gasteiger partial charge in [0.1, 0.15) is 0 Å². The lowest BCUT2D eigenvalue weighted by atomic mass is 10.1. The van der Waals surface area contributed by atoms with Crippen molar-refractivity contribution in [2.45, 2.75) is 46.6 Å². The van der Waals surface area contributed by atoms with Crippen molar-refractivity contribution in [1.29, 1.82) is 0 Å². The summed E-state index contributed by atoms with van der Waals surface area (Å²) in [5, 5.41) is 3.38. The summed E-state index contributed by atoms with van der Waals surface area (Å²) in [6, 6.07) is 0.743. The topological polar surface area (TPSA) is 15.3 Å². The molecule has 16 heavy (non-hydrogen) atoms. The Morgan fingerprint density at radius 1 is 1.25 bits per heavy atom. The summed E-state index contributed by atoms with van der Waals surface area (Å²) >= 11 is 0. The van der Waals surface area contributed by atoms with Crippen molar-refractivity contribution in [3.63, 3.8) is 0 Å². The van der Waals surface area contributed by atoms with Gasteiger partial charge in [0.05, 0.1) is 0 Å². The van der Waals surface area contributed by atoms with Gasteiger partial charge in [0, 0.05) is 32.2 Å². The highest BCUT2D eigenvalue weighted by Crippen LogP contribution is 2.10. The van der Waals surface area contributed by atoms with Crippen LogP contribution in [0.15, 0.2) is 12.7 Å². The van der Waals surface area contributed by atoms with E-state index < -0.39 is 0 Å². The van der Waals surface area contributed by atoms with Gasteiger partial charge in [-0.2, -0.15) is 0 Å². The minimum atomic E-state index is 0.743. The number of nitrogens with zero attached hydrogens (tertiary/aromatic N) is 1. The highest BCUT2D eigenvalue weighted by Gasteiger charge is 2.15. The maximum absolute atomic E-state index is 3.72. The lowest BCUT2D eigenvalue weighted by molar-refractivity contribution is 0.167. The lowest BCUT2D eigenvalue weighted by Crippen LogP contribution is -2.41. The monoisotopic (exact) mass is 226 g/mol. The zero-order valence-corrected chi connectivity index (χ0v) is 11.6. The molecule has 0 spiro atoms. The van der Waals surface area contributed by atoms with Gasteiger partial charge in [-0.25, -0.2) is 0 Å². The van der Waals surface area contributed by atoms with Crippen LogP contribution in [-0.4, -0.2) is 37.1 Å². The van der Waals surface area contributed by atoms with Crippen LogP contribution in [-0.2, 0) is 0 Å². The van der Waals surface area contributed by atoms with Crippen molar-refractivity contribution in [3.8, 4) is 0 Å². The molecule has 0 aliphatic carbocycles. The molecular weight excluding hydrogens is 196 g/mol. The summed E-state index contributed by atoms with van der Waals surface area (Å²) < 4.78 is 0. The van der Waals surface area contributed by atoms with E-state index in [-0.39, 0.29) is 0 Å². The Balaban J connectivity index is 4.03. The van der Waals surface area contributed by atoms with Crippen LogP contribution < -0.4 is 5.32 Å². The maximum Gasteiger partial charge on any atom is 0.0132 e. The van der Waals surface area contributed by atoms with E-state index in [1.165, 1.54) is 19.4 Å². The van der Waals surface area contributed by atoms with Crippen LogP contribution in [0.2, 0.25) is 0 Å². The van der Waals surface area contributed by atoms with Crippen LogP contribution in [0.3, 0.4) is 0 Å². The Kier molecular flexibility index (Phi) is 9.65. The van der Waals surface area contributed by atoms with Gasteiger partial charge in [-0.05, 0) is 18.8 Å². The molecule has 0 heterocycles. The van der Waals surface area contributed by atoms with E-state index in [2.05, 4.69) is 44.5 Å². The average molecular weight is 226 g/mol. The first-order valence-electron chi connectivity index (χ1n) is 6.71. The summed E-state index contributed by atoms with van der Waals surface area (Å²) in [5.41, 5.74) is 0. The molecular formula is C14H30N2. The second-order valence-electron chi connectivity index (χ2n) is 4.85. The molecule has 0 atom stereocenters. The van der Waals surface area contributed by atoms with Crippen molar-refractivity contribution in [1.82, 2.24) is 10.2 Å². The summed E-state index contributed by atoms with van der Waals surface area (Å²) in [7, 11) is 0. The SMILES string of the molecule is C=CCNCCN(CC(C)C)C(CC)CC. The predicted molar refractivity (Wildman–Crippen MR) is 73.8 cm³/mol. The highest BCUT2D eigenvalue weighted by atomic mass is 15.2. The minimum absolute atomic E-state index is 0.743. The van der Waals surface area contributed by atoms with Crippen molar-refractivity contribution >= 4 is 0 Å². The molecule has 2 heteroatoms. The molecule has 0 aliphatic heterocycles. The molecule has 0 saturated carbocycles. The van der Waals surface area contributed by atoms with Gasteiger partial charge < -0.3 is 5.32 Å². The van der Waals surface area contributed by atoms with E-state index >= 15 is 0 Å². The Bertz CT molecular complexity index is 162. The Morgan fingerprint density at radius 3 is 2.31 bits per heavy atom. The van der Waals surface area contributed by atoms with Gasteiger partial charge in [-0.1, -0.05) is 33.8 Å². The van der Waals surface area contributed by atoms with Crippen LogP contribution in [0, 0.1) is 5.92 Å². The molecule has 0 radical (unpaired) electrons. The molecule has 96 valence electrons. The molecule has 0 bridgehead atoms. The van der Waals surface area contributed by atoms with Crippen LogP contribution in [0.25, 0.3) is 0 Å². The third-order valence-electron chi connectivity index (χ3n) is 2.92. The number of rotatable bonds is 10. The maximum atomic E-state index is 3.72. The molecule has 0 rings (SSSR count). The van der Waals surface area contributed by atoms with Gasteiger partial charge in [-0.15, -0.1) is 6.58 Å². The first-order valence-corrected chi connectivity index (χ1v) is 6.71. The minimum Gasteiger partial charge on any atom is -0.312 e. The van der Waals surface area contributed by atoms with Gasteiger partial charge in [-0.3, -0.25) is 4.90 Å². The molecule has 0 aliphatic rings. The van der Waals surface area contributed by atoms with Gasteiger partial charge >= 0.3 is 0 Å². The Morgan fingerprint density at radius 2 is 1.88 bits per heavy atom. The first-order chi connectivity index (χ1) is 7.65. The van der Waals surface area contributed by atoms with Crippen LogP contribution in [0.1, 0.15) is 40.5 Å². The Hall–Kier alpha value is -0.340. The molecule has 0 amide bonds. The van der Waals surface area contributed by atoms with E-state index in [1.807, 2.05) is 6.08 Å². The lowest BCUT2D eigenvalue weighted by Gasteiger charge is -2.32. The Labute approximate surface area is 102 Å². The summed E-state index contributed by atoms with van der Waals surface area (Å²) in [4.78, 5) is 2.63. The van der Waals surface area contributed by atoms with Crippen molar-refractivity contribution < 1.29 is 0 Å². The normalized spacial score (nSPS) is 11.7. The molecule has 2 nitrogen and oxygen atoms in total. The molecule has 0 aromatic rings. The fourth-order valence-corrected chi connectivity index (χ4v) is 2.12. The third-order valence-corrected chi connectivity index (χ3v) is 2.92. The number of nitrogens with one attached hydrogen (secondary N) is 1. The van der Waals surface area contributed by atoms with Crippen LogP contribution >= 0.6 is 0 Å². The summed E-state index contributed by atoms with van der Waals surface area (Å²) in [5.74, 6) is 0.750. The summed E-state index contributed by atoms with van der Waals surface area (Å²) in [6.07, 6.45) is 4.43. The quantitative estimate of drug-likeness (QED) is 0.455. The van der Waals surface area contributed by atoms with Gasteiger partial charge in [0.25, 0.3) is 0 Å². The van der Waals surface area contributed by atoms with Crippen LogP contribution in [0.5, 0.6) is 0 Å². The second-order valence-corrected chi connectivity index (χ2v) is 4.85. The van der Waals surface area contributed by atoms with Gasteiger partial charge in [0.2, 0.25) is 0 Å². The first kappa shape index (κ1) is 15.7. The second kappa shape index (κ2) is 9.86. The zero-order valence-electron chi connectivity index (χ0n) is 11.6. The molecule has 0 saturated heterocycles. The molecule has 0 aromatic heterocycles.